The summed E-state index contributed by atoms with van der Waals surface area (Å²) >= 11 is 1.92. The number of hydrogen-bond donors (Lipinski definition) is 1. The summed E-state index contributed by atoms with van der Waals surface area (Å²) in [5.74, 6) is 4.25. The molecule has 1 aromatic carbocycles. The van der Waals surface area contributed by atoms with Crippen molar-refractivity contribution in [1.82, 2.24) is 15.0 Å². The third kappa shape index (κ3) is 5.09. The van der Waals surface area contributed by atoms with Gasteiger partial charge in [-0.15, -0.1) is 0 Å². The maximum Gasteiger partial charge on any atom is 0.227 e. The van der Waals surface area contributed by atoms with E-state index < -0.39 is 6.17 Å². The molecule has 2 aliphatic heterocycles. The Bertz CT molecular complexity index is 1200. The SMILES string of the molecule is COC1CCN(c2nccc(Nc3cc4c(C(C)C)ccc(N5CC(CSC)C5)c4cn3)n2)CC1F. The maximum atomic E-state index is 14.4. The van der Waals surface area contributed by atoms with Crippen LogP contribution in [0.1, 0.15) is 31.7 Å². The Morgan fingerprint density at radius 2 is 1.94 bits per heavy atom. The van der Waals surface area contributed by atoms with E-state index in [2.05, 4.69) is 58.5 Å². The molecule has 2 aromatic heterocycles. The molecule has 0 bridgehead atoms. The molecule has 7 nitrogen and oxygen atoms in total. The molecule has 0 spiro atoms. The van der Waals surface area contributed by atoms with E-state index in [1.165, 1.54) is 27.8 Å². The number of ether oxygens (including phenoxy) is 1. The topological polar surface area (TPSA) is 66.4 Å². The Hall–Kier alpha value is -2.65. The number of nitrogens with one attached hydrogen (secondary N) is 1. The minimum absolute atomic E-state index is 0.227. The van der Waals surface area contributed by atoms with Crippen LogP contribution in [0.5, 0.6) is 0 Å². The summed E-state index contributed by atoms with van der Waals surface area (Å²) in [5.41, 5.74) is 2.56. The van der Waals surface area contributed by atoms with Gasteiger partial charge in [0.15, 0.2) is 0 Å². The fraction of sp³-hybridized carbons (Fsp3) is 0.519. The highest BCUT2D eigenvalue weighted by atomic mass is 32.2. The first-order chi connectivity index (χ1) is 17.5. The number of fused-ring (bicyclic) bond motifs is 1. The van der Waals surface area contributed by atoms with Gasteiger partial charge in [0, 0.05) is 56.1 Å². The number of halogens is 1. The molecule has 2 fully saturated rings. The van der Waals surface area contributed by atoms with Gasteiger partial charge in [0.1, 0.15) is 17.8 Å². The van der Waals surface area contributed by atoms with Crippen LogP contribution in [-0.4, -0.2) is 72.5 Å². The minimum Gasteiger partial charge on any atom is -0.378 e. The summed E-state index contributed by atoms with van der Waals surface area (Å²) in [4.78, 5) is 18.1. The van der Waals surface area contributed by atoms with Crippen LogP contribution >= 0.6 is 11.8 Å². The highest BCUT2D eigenvalue weighted by Crippen LogP contribution is 2.37. The molecule has 2 aliphatic rings. The van der Waals surface area contributed by atoms with E-state index in [1.807, 2.05) is 28.9 Å². The minimum atomic E-state index is -1.06. The van der Waals surface area contributed by atoms with Crippen molar-refractivity contribution in [3.63, 3.8) is 0 Å². The van der Waals surface area contributed by atoms with Crippen molar-refractivity contribution >= 4 is 45.8 Å². The number of benzene rings is 1. The van der Waals surface area contributed by atoms with Gasteiger partial charge in [0.05, 0.1) is 12.6 Å². The Labute approximate surface area is 216 Å². The second-order valence-corrected chi connectivity index (χ2v) is 11.0. The quantitative estimate of drug-likeness (QED) is 0.441. The molecule has 0 aliphatic carbocycles. The van der Waals surface area contributed by atoms with Crippen LogP contribution in [0, 0.1) is 5.92 Å². The average Bonchev–Trinajstić information content (AvgIpc) is 2.85. The van der Waals surface area contributed by atoms with Crippen molar-refractivity contribution in [1.29, 1.82) is 0 Å². The molecule has 36 heavy (non-hydrogen) atoms. The molecule has 5 rings (SSSR count). The average molecular weight is 511 g/mol. The molecule has 4 heterocycles. The van der Waals surface area contributed by atoms with Gasteiger partial charge in [0.25, 0.3) is 0 Å². The molecule has 0 amide bonds. The summed E-state index contributed by atoms with van der Waals surface area (Å²) in [5, 5.41) is 5.75. The van der Waals surface area contributed by atoms with Crippen LogP contribution in [0.4, 0.5) is 27.7 Å². The van der Waals surface area contributed by atoms with Gasteiger partial charge in [-0.1, -0.05) is 19.9 Å². The zero-order valence-electron chi connectivity index (χ0n) is 21.4. The molecule has 0 saturated carbocycles. The Morgan fingerprint density at radius 3 is 2.67 bits per heavy atom. The van der Waals surface area contributed by atoms with Crippen molar-refractivity contribution in [3.05, 3.63) is 42.2 Å². The highest BCUT2D eigenvalue weighted by Gasteiger charge is 2.30. The number of thioether (sulfide) groups is 1. The van der Waals surface area contributed by atoms with Gasteiger partial charge in [0.2, 0.25) is 5.95 Å². The largest absolute Gasteiger partial charge is 0.378 e. The lowest BCUT2D eigenvalue weighted by molar-refractivity contribution is 0.0194. The van der Waals surface area contributed by atoms with Gasteiger partial charge in [-0.3, -0.25) is 0 Å². The molecule has 2 atom stereocenters. The van der Waals surface area contributed by atoms with E-state index in [-0.39, 0.29) is 12.6 Å². The number of methoxy groups -OCH3 is 1. The predicted octanol–water partition coefficient (Wildman–Crippen LogP) is 5.25. The standard InChI is InChI=1S/C27H35FN6OS/c1-17(2)19-5-6-23(34-13-18(14-34)16-36-4)21-12-30-26(11-20(19)21)31-25-7-9-29-27(32-25)33-10-8-24(35-3)22(28)15-33/h5-7,9,11-12,17-18,22,24H,8,10,13-16H2,1-4H3,(H,29,30,31,32). The smallest absolute Gasteiger partial charge is 0.227 e. The molecule has 1 N–H and O–H groups in total. The molecule has 3 aromatic rings. The van der Waals surface area contributed by atoms with E-state index in [1.54, 1.807) is 13.3 Å². The number of anilines is 4. The fourth-order valence-corrected chi connectivity index (χ4v) is 5.92. The normalized spacial score (nSPS) is 20.7. The lowest BCUT2D eigenvalue weighted by atomic mass is 9.93. The number of rotatable bonds is 8. The van der Waals surface area contributed by atoms with Gasteiger partial charge < -0.3 is 19.9 Å². The lowest BCUT2D eigenvalue weighted by Gasteiger charge is -2.41. The van der Waals surface area contributed by atoms with E-state index in [9.17, 15) is 4.39 Å². The second-order valence-electron chi connectivity index (χ2n) is 10.1. The predicted molar refractivity (Wildman–Crippen MR) is 148 cm³/mol. The molecular weight excluding hydrogens is 475 g/mol. The van der Waals surface area contributed by atoms with Gasteiger partial charge >= 0.3 is 0 Å². The van der Waals surface area contributed by atoms with Crippen molar-refractivity contribution in [2.24, 2.45) is 5.92 Å². The molecule has 2 unspecified atom stereocenters. The number of pyridine rings is 1. The van der Waals surface area contributed by atoms with Crippen LogP contribution in [0.15, 0.2) is 36.7 Å². The fourth-order valence-electron chi connectivity index (χ4n) is 5.23. The summed E-state index contributed by atoms with van der Waals surface area (Å²) in [6.45, 7) is 7.53. The molecular formula is C27H35FN6OS. The highest BCUT2D eigenvalue weighted by molar-refractivity contribution is 7.98. The van der Waals surface area contributed by atoms with Crippen LogP contribution in [0.3, 0.4) is 0 Å². The zero-order chi connectivity index (χ0) is 25.2. The van der Waals surface area contributed by atoms with Crippen LogP contribution < -0.4 is 15.1 Å². The molecule has 2 saturated heterocycles. The number of alkyl halides is 1. The van der Waals surface area contributed by atoms with Crippen molar-refractivity contribution in [2.45, 2.75) is 38.5 Å². The zero-order valence-corrected chi connectivity index (χ0v) is 22.3. The van der Waals surface area contributed by atoms with E-state index in [0.717, 1.165) is 24.8 Å². The second kappa shape index (κ2) is 10.8. The first kappa shape index (κ1) is 25.0. The maximum absolute atomic E-state index is 14.4. The number of piperidine rings is 1. The van der Waals surface area contributed by atoms with Crippen LogP contribution in [0.2, 0.25) is 0 Å². The monoisotopic (exact) mass is 510 g/mol. The van der Waals surface area contributed by atoms with Crippen molar-refractivity contribution < 1.29 is 9.13 Å². The van der Waals surface area contributed by atoms with Crippen molar-refractivity contribution in [2.75, 3.05) is 60.4 Å². The summed E-state index contributed by atoms with van der Waals surface area (Å²) < 4.78 is 19.6. The molecule has 9 heteroatoms. The molecule has 192 valence electrons. The van der Waals surface area contributed by atoms with E-state index in [0.29, 0.717) is 30.6 Å². The Balaban J connectivity index is 1.38. The summed E-state index contributed by atoms with van der Waals surface area (Å²) in [7, 11) is 1.56. The number of hydrogen-bond acceptors (Lipinski definition) is 8. The van der Waals surface area contributed by atoms with Crippen LogP contribution in [-0.2, 0) is 4.74 Å². The Morgan fingerprint density at radius 1 is 1.11 bits per heavy atom. The number of aromatic nitrogens is 3. The number of nitrogens with zero attached hydrogens (tertiary/aromatic N) is 5. The first-order valence-electron chi connectivity index (χ1n) is 12.6. The Kier molecular flexibility index (Phi) is 7.48. The summed E-state index contributed by atoms with van der Waals surface area (Å²) in [6.07, 6.45) is 5.05. The van der Waals surface area contributed by atoms with E-state index in [4.69, 9.17) is 9.72 Å². The van der Waals surface area contributed by atoms with Gasteiger partial charge in [-0.25, -0.2) is 14.4 Å². The molecule has 0 radical (unpaired) electrons. The van der Waals surface area contributed by atoms with Crippen LogP contribution in [0.25, 0.3) is 10.8 Å². The van der Waals surface area contributed by atoms with Gasteiger partial charge in [-0.2, -0.15) is 16.7 Å². The lowest BCUT2D eigenvalue weighted by Crippen LogP contribution is -2.48. The van der Waals surface area contributed by atoms with Gasteiger partial charge in [-0.05, 0) is 53.5 Å². The first-order valence-corrected chi connectivity index (χ1v) is 14.0. The van der Waals surface area contributed by atoms with E-state index >= 15 is 0 Å². The third-order valence-corrected chi connectivity index (χ3v) is 8.00. The summed E-state index contributed by atoms with van der Waals surface area (Å²) in [6, 6.07) is 8.45. The third-order valence-electron chi connectivity index (χ3n) is 7.20. The van der Waals surface area contributed by atoms with Crippen molar-refractivity contribution in [3.8, 4) is 0 Å².